The van der Waals surface area contributed by atoms with Gasteiger partial charge in [-0.2, -0.15) is 4.98 Å². The molecular weight excluding hydrogens is 462 g/mol. The molecule has 4 N–H and O–H groups in total. The van der Waals surface area contributed by atoms with Gasteiger partial charge in [0.2, 0.25) is 5.28 Å². The lowest BCUT2D eigenvalue weighted by Crippen LogP contribution is -2.18. The van der Waals surface area contributed by atoms with Crippen molar-refractivity contribution in [1.82, 2.24) is 14.5 Å². The summed E-state index contributed by atoms with van der Waals surface area (Å²) in [4.78, 5) is 26.7. The molecule has 0 aliphatic heterocycles. The number of hydrogen-bond donors (Lipinski definition) is 4. The third-order valence-corrected chi connectivity index (χ3v) is 6.46. The van der Waals surface area contributed by atoms with Crippen LogP contribution in [-0.4, -0.2) is 48.5 Å². The van der Waals surface area contributed by atoms with Crippen molar-refractivity contribution < 1.29 is 19.6 Å². The molecule has 1 aliphatic rings. The number of anilines is 1. The molecule has 1 fully saturated rings. The number of aliphatic hydroxyl groups is 1. The van der Waals surface area contributed by atoms with Crippen LogP contribution in [0.25, 0.3) is 11.0 Å². The average Bonchev–Trinajstić information content (AvgIpc) is 3.30. The summed E-state index contributed by atoms with van der Waals surface area (Å²) in [6.45, 7) is 0.768. The monoisotopic (exact) mass is 484 g/mol. The van der Waals surface area contributed by atoms with Crippen LogP contribution in [0, 0.1) is 5.92 Å². The van der Waals surface area contributed by atoms with E-state index < -0.39 is 14.5 Å². The van der Waals surface area contributed by atoms with E-state index in [4.69, 9.17) is 37.7 Å². The largest absolute Gasteiger partial charge is 0.393 e. The summed E-state index contributed by atoms with van der Waals surface area (Å²) in [6.07, 6.45) is 2.51. The fourth-order valence-electron chi connectivity index (χ4n) is 4.02. The minimum absolute atomic E-state index is 0.0215. The number of nitrogens with zero attached hydrogens (tertiary/aromatic N) is 3. The number of rotatable bonds is 8. The Morgan fingerprint density at radius 2 is 1.97 bits per heavy atom. The zero-order valence-corrected chi connectivity index (χ0v) is 18.9. The Morgan fingerprint density at radius 1 is 1.16 bits per heavy atom. The van der Waals surface area contributed by atoms with Crippen LogP contribution in [0.3, 0.4) is 0 Å². The first-order chi connectivity index (χ1) is 14.9. The van der Waals surface area contributed by atoms with E-state index in [9.17, 15) is 5.11 Å². The first kappa shape index (κ1) is 22.7. The number of fused-ring (bicyclic) bond motifs is 1. The van der Waals surface area contributed by atoms with Gasteiger partial charge >= 0.3 is 0 Å². The summed E-state index contributed by atoms with van der Waals surface area (Å²) in [5, 5.41) is 15.4. The number of aliphatic hydroxyl groups excluding tert-OH is 1. The molecule has 0 bridgehead atoms. The van der Waals surface area contributed by atoms with Gasteiger partial charge in [-0.1, -0.05) is 29.8 Å². The van der Waals surface area contributed by atoms with Crippen molar-refractivity contribution in [2.75, 3.05) is 18.3 Å². The van der Waals surface area contributed by atoms with Crippen LogP contribution in [0.1, 0.15) is 24.4 Å². The maximum absolute atomic E-state index is 10.4. The number of ether oxygens (including phenoxy) is 1. The molecule has 3 unspecified atom stereocenters. The molecule has 2 heterocycles. The first-order valence-corrected chi connectivity index (χ1v) is 12.0. The third kappa shape index (κ3) is 5.29. The van der Waals surface area contributed by atoms with Crippen molar-refractivity contribution in [2.45, 2.75) is 31.5 Å². The second-order valence-electron chi connectivity index (χ2n) is 7.57. The summed E-state index contributed by atoms with van der Waals surface area (Å²) < 4.78 is 7.33. The normalized spacial score (nSPS) is 21.3. The van der Waals surface area contributed by atoms with Gasteiger partial charge in [-0.05, 0) is 42.1 Å². The van der Waals surface area contributed by atoms with Crippen LogP contribution >= 0.6 is 31.6 Å². The highest BCUT2D eigenvalue weighted by molar-refractivity contribution is 7.44. The van der Waals surface area contributed by atoms with Crippen molar-refractivity contribution >= 4 is 48.4 Å². The quantitative estimate of drug-likeness (QED) is 0.283. The molecule has 3 atom stereocenters. The van der Waals surface area contributed by atoms with E-state index in [0.717, 1.165) is 10.9 Å². The summed E-state index contributed by atoms with van der Waals surface area (Å²) >= 11 is 12.5. The fourth-order valence-corrected chi connectivity index (χ4v) is 4.66. The predicted molar refractivity (Wildman–Crippen MR) is 121 cm³/mol. The van der Waals surface area contributed by atoms with E-state index in [2.05, 4.69) is 15.3 Å². The Balaban J connectivity index is 1.52. The highest BCUT2D eigenvalue weighted by atomic mass is 35.5. The molecule has 0 spiro atoms. The first-order valence-electron chi connectivity index (χ1n) is 9.85. The fraction of sp³-hybridized carbons (Fsp3) is 0.400. The molecular formula is C20H23Cl2N4O4P. The van der Waals surface area contributed by atoms with E-state index in [1.54, 1.807) is 0 Å². The number of halogens is 2. The molecule has 1 aromatic carbocycles. The number of nitrogens with one attached hydrogen (secondary N) is 1. The van der Waals surface area contributed by atoms with E-state index in [1.807, 2.05) is 41.1 Å². The summed E-state index contributed by atoms with van der Waals surface area (Å²) in [7, 11) is -2.09. The summed E-state index contributed by atoms with van der Waals surface area (Å²) in [5.41, 5.74) is 1.64. The minimum atomic E-state index is -2.09. The lowest BCUT2D eigenvalue weighted by Gasteiger charge is -2.15. The maximum atomic E-state index is 10.4. The Morgan fingerprint density at radius 3 is 2.74 bits per heavy atom. The SMILES string of the molecule is OC1CC(n2ccc3c(NCc4ccccc4Cl)nc(Cl)nc32)CC1COCP(O)O. The van der Waals surface area contributed by atoms with E-state index in [0.29, 0.717) is 35.9 Å². The van der Waals surface area contributed by atoms with Crippen LogP contribution in [0.15, 0.2) is 36.5 Å². The molecule has 0 amide bonds. The van der Waals surface area contributed by atoms with E-state index >= 15 is 0 Å². The maximum Gasteiger partial charge on any atom is 0.226 e. The van der Waals surface area contributed by atoms with Crippen molar-refractivity contribution in [3.63, 3.8) is 0 Å². The summed E-state index contributed by atoms with van der Waals surface area (Å²) in [6, 6.07) is 9.54. The molecule has 31 heavy (non-hydrogen) atoms. The Labute approximate surface area is 190 Å². The molecule has 0 saturated heterocycles. The number of benzene rings is 1. The standard InChI is InChI=1S/C20H23Cl2N4O4P/c21-16-4-2-1-3-12(16)9-23-18-15-5-6-26(19(15)25-20(22)24-18)14-7-13(17(27)8-14)10-30-11-31(28)29/h1-6,13-14,17,27-29H,7-11H2,(H,23,24,25). The smallest absolute Gasteiger partial charge is 0.226 e. The average molecular weight is 485 g/mol. The van der Waals surface area contributed by atoms with E-state index in [-0.39, 0.29) is 30.2 Å². The van der Waals surface area contributed by atoms with Gasteiger partial charge in [-0.25, -0.2) is 4.98 Å². The highest BCUT2D eigenvalue weighted by Crippen LogP contribution is 2.38. The van der Waals surface area contributed by atoms with Crippen molar-refractivity contribution in [1.29, 1.82) is 0 Å². The van der Waals surface area contributed by atoms with Gasteiger partial charge in [-0.15, -0.1) is 0 Å². The van der Waals surface area contributed by atoms with Gasteiger partial charge in [0.25, 0.3) is 0 Å². The van der Waals surface area contributed by atoms with Crippen molar-refractivity contribution in [3.8, 4) is 0 Å². The number of hydrogen-bond acceptors (Lipinski definition) is 7. The second kappa shape index (κ2) is 9.96. The molecule has 1 saturated carbocycles. The van der Waals surface area contributed by atoms with Gasteiger partial charge in [-0.3, -0.25) is 0 Å². The molecule has 0 radical (unpaired) electrons. The Kier molecular flexibility index (Phi) is 7.29. The van der Waals surface area contributed by atoms with Crippen LogP contribution in [0.2, 0.25) is 10.3 Å². The van der Waals surface area contributed by atoms with Crippen molar-refractivity contribution in [3.05, 3.63) is 52.4 Å². The zero-order chi connectivity index (χ0) is 22.0. The summed E-state index contributed by atoms with van der Waals surface area (Å²) in [5.74, 6) is 0.527. The second-order valence-corrected chi connectivity index (χ2v) is 9.32. The zero-order valence-electron chi connectivity index (χ0n) is 16.5. The predicted octanol–water partition coefficient (Wildman–Crippen LogP) is 3.93. The minimum Gasteiger partial charge on any atom is -0.393 e. The van der Waals surface area contributed by atoms with Crippen LogP contribution in [-0.2, 0) is 11.3 Å². The van der Waals surface area contributed by atoms with Gasteiger partial charge in [0.15, 0.2) is 8.38 Å². The molecule has 1 aliphatic carbocycles. The third-order valence-electron chi connectivity index (χ3n) is 5.51. The van der Waals surface area contributed by atoms with Crippen molar-refractivity contribution in [2.24, 2.45) is 5.92 Å². The molecule has 2 aromatic heterocycles. The van der Waals surface area contributed by atoms with Crippen LogP contribution in [0.4, 0.5) is 5.82 Å². The van der Waals surface area contributed by atoms with Gasteiger partial charge in [0.05, 0.1) is 18.1 Å². The molecule has 3 aromatic rings. The highest BCUT2D eigenvalue weighted by Gasteiger charge is 2.35. The topological polar surface area (TPSA) is 113 Å². The van der Waals surface area contributed by atoms with Gasteiger partial charge < -0.3 is 29.5 Å². The Bertz CT molecular complexity index is 1050. The molecule has 166 valence electrons. The van der Waals surface area contributed by atoms with Crippen LogP contribution in [0.5, 0.6) is 0 Å². The van der Waals surface area contributed by atoms with Crippen LogP contribution < -0.4 is 5.32 Å². The van der Waals surface area contributed by atoms with Gasteiger partial charge in [0, 0.05) is 29.7 Å². The number of aromatic nitrogens is 3. The van der Waals surface area contributed by atoms with E-state index in [1.165, 1.54) is 0 Å². The lowest BCUT2D eigenvalue weighted by molar-refractivity contribution is 0.0587. The molecule has 11 heteroatoms. The molecule has 4 rings (SSSR count). The lowest BCUT2D eigenvalue weighted by atomic mass is 10.1. The van der Waals surface area contributed by atoms with Gasteiger partial charge in [0.1, 0.15) is 17.8 Å². The molecule has 8 nitrogen and oxygen atoms in total. The Hall–Kier alpha value is -1.51.